The van der Waals surface area contributed by atoms with Crippen LogP contribution in [-0.2, 0) is 14.3 Å². The lowest BCUT2D eigenvalue weighted by Crippen LogP contribution is -2.62. The monoisotopic (exact) mass is 466 g/mol. The molecule has 0 saturated heterocycles. The first kappa shape index (κ1) is 24.3. The molecule has 0 radical (unpaired) electrons. The van der Waals surface area contributed by atoms with E-state index in [-0.39, 0.29) is 39.5 Å². The normalized spacial score (nSPS) is 48.0. The van der Waals surface area contributed by atoms with Gasteiger partial charge in [0.1, 0.15) is 0 Å². The first-order chi connectivity index (χ1) is 15.8. The second kappa shape index (κ2) is 7.32. The van der Waals surface area contributed by atoms with Crippen molar-refractivity contribution in [3.8, 4) is 0 Å². The van der Waals surface area contributed by atoms with Crippen molar-refractivity contribution >= 4 is 11.8 Å². The summed E-state index contributed by atoms with van der Waals surface area (Å²) in [4.78, 5) is 27.0. The first-order valence-electron chi connectivity index (χ1n) is 13.8. The molecule has 0 N–H and O–H groups in total. The molecule has 3 saturated carbocycles. The van der Waals surface area contributed by atoms with Crippen molar-refractivity contribution in [3.63, 3.8) is 0 Å². The largest absolute Gasteiger partial charge is 0.469 e. The quantitative estimate of drug-likeness (QED) is 0.313. The molecule has 0 spiro atoms. The average molecular weight is 467 g/mol. The van der Waals surface area contributed by atoms with E-state index in [1.54, 1.807) is 11.1 Å². The van der Waals surface area contributed by atoms with E-state index < -0.39 is 5.41 Å². The van der Waals surface area contributed by atoms with Crippen molar-refractivity contribution in [3.05, 3.63) is 22.8 Å². The van der Waals surface area contributed by atoms with Gasteiger partial charge in [0.2, 0.25) is 0 Å². The number of methoxy groups -OCH3 is 1. The van der Waals surface area contributed by atoms with Crippen LogP contribution in [0, 0.1) is 44.8 Å². The number of esters is 1. The molecule has 7 atom stereocenters. The van der Waals surface area contributed by atoms with Crippen LogP contribution in [0.2, 0.25) is 0 Å². The third kappa shape index (κ3) is 2.88. The Hall–Kier alpha value is -1.38. The Morgan fingerprint density at radius 1 is 0.971 bits per heavy atom. The molecule has 0 aromatic heterocycles. The Balaban J connectivity index is 1.62. The molecule has 34 heavy (non-hydrogen) atoms. The Morgan fingerprint density at radius 3 is 2.29 bits per heavy atom. The van der Waals surface area contributed by atoms with Gasteiger partial charge in [-0.3, -0.25) is 9.59 Å². The number of allylic oxidation sites excluding steroid dienone is 4. The molecular weight excluding hydrogens is 420 g/mol. The summed E-state index contributed by atoms with van der Waals surface area (Å²) in [5.41, 5.74) is 4.33. The molecule has 3 fully saturated rings. The van der Waals surface area contributed by atoms with Crippen LogP contribution in [0.3, 0.4) is 0 Å². The van der Waals surface area contributed by atoms with Crippen LogP contribution in [0.5, 0.6) is 0 Å². The van der Waals surface area contributed by atoms with Crippen molar-refractivity contribution in [2.45, 2.75) is 106 Å². The molecule has 0 aromatic carbocycles. The van der Waals surface area contributed by atoms with Gasteiger partial charge in [0, 0.05) is 5.92 Å². The molecule has 0 heterocycles. The van der Waals surface area contributed by atoms with Gasteiger partial charge in [-0.15, -0.1) is 0 Å². The first-order valence-corrected chi connectivity index (χ1v) is 13.8. The standard InChI is InChI=1S/C31H46O3/c1-19(2)20-9-11-29(5)21(20)10-12-31(7)25(29)24(32)17-22-23-18-28(4,26(33)34-8)14-13-27(23,3)15-16-30(22,31)6/h17,19,23,25H,9-16,18H2,1-8H3/t23-,25-,27-,28+,29+,30-,31-/m1/s1. The van der Waals surface area contributed by atoms with Crippen molar-refractivity contribution in [2.75, 3.05) is 7.11 Å². The third-order valence-electron chi connectivity index (χ3n) is 12.3. The van der Waals surface area contributed by atoms with Gasteiger partial charge in [-0.1, -0.05) is 58.3 Å². The van der Waals surface area contributed by atoms with E-state index in [2.05, 4.69) is 54.5 Å². The Labute approximate surface area is 207 Å². The summed E-state index contributed by atoms with van der Waals surface area (Å²) < 4.78 is 5.25. The van der Waals surface area contributed by atoms with Gasteiger partial charge in [-0.2, -0.15) is 0 Å². The Kier molecular flexibility index (Phi) is 5.24. The zero-order valence-electron chi connectivity index (χ0n) is 22.9. The van der Waals surface area contributed by atoms with Gasteiger partial charge < -0.3 is 4.74 Å². The lowest BCUT2D eigenvalue weighted by molar-refractivity contribution is -0.161. The maximum atomic E-state index is 14.2. The van der Waals surface area contributed by atoms with Gasteiger partial charge in [0.25, 0.3) is 0 Å². The number of ether oxygens (including phenoxy) is 1. The fraction of sp³-hybridized carbons (Fsp3) is 0.806. The van der Waals surface area contributed by atoms with Crippen LogP contribution >= 0.6 is 0 Å². The Morgan fingerprint density at radius 2 is 1.65 bits per heavy atom. The highest BCUT2D eigenvalue weighted by molar-refractivity contribution is 5.96. The van der Waals surface area contributed by atoms with E-state index in [0.717, 1.165) is 51.4 Å². The summed E-state index contributed by atoms with van der Waals surface area (Å²) in [5.74, 6) is 1.23. The van der Waals surface area contributed by atoms with Crippen LogP contribution in [0.25, 0.3) is 0 Å². The molecule has 3 nitrogen and oxygen atoms in total. The molecule has 0 unspecified atom stereocenters. The number of carbonyl (C=O) groups is 2. The molecule has 0 bridgehead atoms. The van der Waals surface area contributed by atoms with Gasteiger partial charge in [-0.05, 0) is 104 Å². The zero-order chi connectivity index (χ0) is 24.9. The van der Waals surface area contributed by atoms with Gasteiger partial charge in [0.05, 0.1) is 12.5 Å². The van der Waals surface area contributed by atoms with Crippen LogP contribution in [0.1, 0.15) is 106 Å². The number of ketones is 1. The maximum Gasteiger partial charge on any atom is 0.311 e. The predicted molar refractivity (Wildman–Crippen MR) is 136 cm³/mol. The van der Waals surface area contributed by atoms with Crippen molar-refractivity contribution < 1.29 is 14.3 Å². The van der Waals surface area contributed by atoms with Crippen LogP contribution in [0.15, 0.2) is 22.8 Å². The average Bonchev–Trinajstić information content (AvgIpc) is 3.12. The van der Waals surface area contributed by atoms with E-state index in [1.165, 1.54) is 19.1 Å². The number of hydrogen-bond acceptors (Lipinski definition) is 3. The molecule has 5 rings (SSSR count). The predicted octanol–water partition coefficient (Wildman–Crippen LogP) is 7.45. The van der Waals surface area contributed by atoms with Crippen molar-refractivity contribution in [2.24, 2.45) is 44.8 Å². The van der Waals surface area contributed by atoms with E-state index in [9.17, 15) is 9.59 Å². The number of rotatable bonds is 2. The summed E-state index contributed by atoms with van der Waals surface area (Å²) >= 11 is 0. The smallest absolute Gasteiger partial charge is 0.311 e. The summed E-state index contributed by atoms with van der Waals surface area (Å²) in [5, 5.41) is 0. The summed E-state index contributed by atoms with van der Waals surface area (Å²) in [6.07, 6.45) is 11.7. The zero-order valence-corrected chi connectivity index (χ0v) is 22.9. The summed E-state index contributed by atoms with van der Waals surface area (Å²) in [7, 11) is 1.52. The van der Waals surface area contributed by atoms with Gasteiger partial charge in [0.15, 0.2) is 5.78 Å². The third-order valence-corrected chi connectivity index (χ3v) is 12.3. The van der Waals surface area contributed by atoms with Gasteiger partial charge >= 0.3 is 5.97 Å². The number of carbonyl (C=O) groups excluding carboxylic acids is 2. The SMILES string of the molecule is COC(=O)[C@@]1(C)CC[C@]2(C)CC[C@]3(C)C(=CC(=O)[C@@H]4[C@@]5(C)CCC(C(C)C)=C5CC[C@]43C)[C@H]2C1. The second-order valence-electron chi connectivity index (χ2n) is 14.2. The Bertz CT molecular complexity index is 1000. The van der Waals surface area contributed by atoms with Crippen molar-refractivity contribution in [1.82, 2.24) is 0 Å². The molecule has 5 aliphatic rings. The highest BCUT2D eigenvalue weighted by Gasteiger charge is 2.68. The summed E-state index contributed by atoms with van der Waals surface area (Å²) in [6.45, 7) is 16.5. The maximum absolute atomic E-state index is 14.2. The van der Waals surface area contributed by atoms with E-state index in [1.807, 2.05) is 0 Å². The molecule has 188 valence electrons. The fourth-order valence-corrected chi connectivity index (χ4v) is 9.85. The van der Waals surface area contributed by atoms with Gasteiger partial charge in [-0.25, -0.2) is 0 Å². The fourth-order valence-electron chi connectivity index (χ4n) is 9.85. The highest BCUT2D eigenvalue weighted by atomic mass is 16.5. The molecule has 0 aromatic rings. The lowest BCUT2D eigenvalue weighted by atomic mass is 9.36. The van der Waals surface area contributed by atoms with Crippen LogP contribution in [0.4, 0.5) is 0 Å². The van der Waals surface area contributed by atoms with E-state index >= 15 is 0 Å². The molecule has 0 aliphatic heterocycles. The van der Waals surface area contributed by atoms with E-state index in [0.29, 0.717) is 11.7 Å². The highest BCUT2D eigenvalue weighted by Crippen LogP contribution is 2.74. The minimum atomic E-state index is -0.453. The second-order valence-corrected chi connectivity index (χ2v) is 14.2. The number of fused-ring (bicyclic) bond motifs is 7. The van der Waals surface area contributed by atoms with Crippen molar-refractivity contribution in [1.29, 1.82) is 0 Å². The van der Waals surface area contributed by atoms with E-state index in [4.69, 9.17) is 4.74 Å². The topological polar surface area (TPSA) is 43.4 Å². The molecule has 3 heteroatoms. The minimum Gasteiger partial charge on any atom is -0.469 e. The molecule has 0 amide bonds. The van der Waals surface area contributed by atoms with Crippen LogP contribution in [-0.4, -0.2) is 18.9 Å². The lowest BCUT2D eigenvalue weighted by Gasteiger charge is -2.67. The van der Waals surface area contributed by atoms with Crippen LogP contribution < -0.4 is 0 Å². The summed E-state index contributed by atoms with van der Waals surface area (Å²) in [6, 6.07) is 0. The minimum absolute atomic E-state index is 0.00255. The number of hydrogen-bond donors (Lipinski definition) is 0. The molecule has 5 aliphatic carbocycles. The molecular formula is C31H46O3.